The van der Waals surface area contributed by atoms with E-state index in [0.717, 1.165) is 45.7 Å². The molecular formula is C26H26FN7S. The van der Waals surface area contributed by atoms with E-state index >= 15 is 0 Å². The molecule has 5 heterocycles. The summed E-state index contributed by atoms with van der Waals surface area (Å²) in [5.41, 5.74) is 3.88. The minimum atomic E-state index is -0.414. The predicted molar refractivity (Wildman–Crippen MR) is 136 cm³/mol. The van der Waals surface area contributed by atoms with Gasteiger partial charge in [0.2, 0.25) is 5.16 Å². The van der Waals surface area contributed by atoms with Gasteiger partial charge in [-0.25, -0.2) is 4.39 Å². The Labute approximate surface area is 207 Å². The SMILES string of the molecule is C[C@@H]1C[C@H](C)CN(c2cnc3ccc(Sc4nnc5c(F)cc(-c6cnn(C)c6)cn45)cc3c2)C1. The Morgan fingerprint density at radius 3 is 2.57 bits per heavy atom. The zero-order chi connectivity index (χ0) is 24.1. The lowest BCUT2D eigenvalue weighted by Crippen LogP contribution is -2.38. The maximum atomic E-state index is 14.8. The minimum Gasteiger partial charge on any atom is -0.370 e. The summed E-state index contributed by atoms with van der Waals surface area (Å²) in [6.45, 7) is 6.75. The van der Waals surface area contributed by atoms with E-state index < -0.39 is 5.82 Å². The van der Waals surface area contributed by atoms with Crippen LogP contribution in [-0.2, 0) is 7.05 Å². The van der Waals surface area contributed by atoms with Crippen LogP contribution in [-0.4, -0.2) is 42.5 Å². The van der Waals surface area contributed by atoms with Crippen LogP contribution in [0.1, 0.15) is 20.3 Å². The van der Waals surface area contributed by atoms with Crippen LogP contribution in [0, 0.1) is 17.7 Å². The Morgan fingerprint density at radius 1 is 0.971 bits per heavy atom. The summed E-state index contributed by atoms with van der Waals surface area (Å²) in [4.78, 5) is 8.15. The second kappa shape index (κ2) is 8.64. The van der Waals surface area contributed by atoms with Crippen LogP contribution < -0.4 is 4.90 Å². The molecule has 1 aromatic carbocycles. The Balaban J connectivity index is 1.33. The van der Waals surface area contributed by atoms with Crippen molar-refractivity contribution in [3.05, 3.63) is 60.9 Å². The van der Waals surface area contributed by atoms with Gasteiger partial charge < -0.3 is 4.90 Å². The summed E-state index contributed by atoms with van der Waals surface area (Å²) in [7, 11) is 1.84. The fourth-order valence-electron chi connectivity index (χ4n) is 5.05. The monoisotopic (exact) mass is 487 g/mol. The number of anilines is 1. The van der Waals surface area contributed by atoms with Gasteiger partial charge in [-0.1, -0.05) is 13.8 Å². The average Bonchev–Trinajstić information content (AvgIpc) is 3.44. The van der Waals surface area contributed by atoms with E-state index in [1.807, 2.05) is 37.8 Å². The second-order valence-electron chi connectivity index (χ2n) is 9.66. The third-order valence-electron chi connectivity index (χ3n) is 6.55. The molecule has 2 atom stereocenters. The summed E-state index contributed by atoms with van der Waals surface area (Å²) in [6, 6.07) is 9.86. The molecule has 0 spiro atoms. The zero-order valence-corrected chi connectivity index (χ0v) is 20.7. The van der Waals surface area contributed by atoms with Crippen LogP contribution in [0.15, 0.2) is 65.2 Å². The van der Waals surface area contributed by atoms with Crippen molar-refractivity contribution >= 4 is 34.0 Å². The molecule has 1 aliphatic rings. The van der Waals surface area contributed by atoms with Crippen molar-refractivity contribution in [1.29, 1.82) is 0 Å². The Morgan fingerprint density at radius 2 is 1.80 bits per heavy atom. The number of aryl methyl sites for hydroxylation is 1. The third kappa shape index (κ3) is 4.25. The van der Waals surface area contributed by atoms with Crippen molar-refractivity contribution in [2.75, 3.05) is 18.0 Å². The Hall–Kier alpha value is -3.46. The number of piperidine rings is 1. The molecule has 0 aliphatic carbocycles. The topological polar surface area (TPSA) is 64.1 Å². The fraction of sp³-hybridized carbons (Fsp3) is 0.308. The third-order valence-corrected chi connectivity index (χ3v) is 7.50. The van der Waals surface area contributed by atoms with Crippen molar-refractivity contribution in [2.45, 2.75) is 30.3 Å². The molecule has 0 saturated carbocycles. The van der Waals surface area contributed by atoms with Gasteiger partial charge in [-0.2, -0.15) is 5.10 Å². The number of aromatic nitrogens is 6. The van der Waals surface area contributed by atoms with Gasteiger partial charge in [0.25, 0.3) is 0 Å². The quantitative estimate of drug-likeness (QED) is 0.336. The number of benzene rings is 1. The van der Waals surface area contributed by atoms with E-state index in [4.69, 9.17) is 4.98 Å². The lowest BCUT2D eigenvalue weighted by atomic mass is 9.91. The molecule has 0 bridgehead atoms. The van der Waals surface area contributed by atoms with Gasteiger partial charge in [0.05, 0.1) is 23.6 Å². The molecule has 0 unspecified atom stereocenters. The average molecular weight is 488 g/mol. The first-order chi connectivity index (χ1) is 16.9. The van der Waals surface area contributed by atoms with Gasteiger partial charge in [0.1, 0.15) is 0 Å². The first-order valence-corrected chi connectivity index (χ1v) is 12.6. The minimum absolute atomic E-state index is 0.207. The molecule has 4 aromatic heterocycles. The largest absolute Gasteiger partial charge is 0.370 e. The van der Waals surface area contributed by atoms with Gasteiger partial charge in [-0.3, -0.25) is 14.1 Å². The molecule has 178 valence electrons. The lowest BCUT2D eigenvalue weighted by Gasteiger charge is -2.36. The highest BCUT2D eigenvalue weighted by Gasteiger charge is 2.22. The molecule has 1 aliphatic heterocycles. The maximum absolute atomic E-state index is 14.8. The van der Waals surface area contributed by atoms with Crippen molar-refractivity contribution < 1.29 is 4.39 Å². The summed E-state index contributed by atoms with van der Waals surface area (Å²) in [5.74, 6) is 0.937. The van der Waals surface area contributed by atoms with E-state index in [1.165, 1.54) is 24.2 Å². The number of fused-ring (bicyclic) bond motifs is 2. The normalized spacial score (nSPS) is 18.6. The van der Waals surface area contributed by atoms with Crippen LogP contribution >= 0.6 is 11.8 Å². The summed E-state index contributed by atoms with van der Waals surface area (Å²) in [6.07, 6.45) is 8.69. The first kappa shape index (κ1) is 22.0. The Bertz CT molecular complexity index is 1530. The fourth-order valence-corrected chi connectivity index (χ4v) is 5.90. The molecular weight excluding hydrogens is 461 g/mol. The van der Waals surface area contributed by atoms with Crippen LogP contribution in [0.3, 0.4) is 0 Å². The van der Waals surface area contributed by atoms with Crippen molar-refractivity contribution in [3.8, 4) is 11.1 Å². The maximum Gasteiger partial charge on any atom is 0.200 e. The molecule has 0 radical (unpaired) electrons. The smallest absolute Gasteiger partial charge is 0.200 e. The summed E-state index contributed by atoms with van der Waals surface area (Å²) < 4.78 is 18.2. The molecule has 0 amide bonds. The van der Waals surface area contributed by atoms with Crippen molar-refractivity contribution in [2.24, 2.45) is 18.9 Å². The van der Waals surface area contributed by atoms with E-state index in [1.54, 1.807) is 15.3 Å². The van der Waals surface area contributed by atoms with Gasteiger partial charge in [-0.05, 0) is 60.4 Å². The zero-order valence-electron chi connectivity index (χ0n) is 19.9. The highest BCUT2D eigenvalue weighted by molar-refractivity contribution is 7.99. The van der Waals surface area contributed by atoms with Crippen LogP contribution in [0.2, 0.25) is 0 Å². The summed E-state index contributed by atoms with van der Waals surface area (Å²) >= 11 is 1.46. The molecule has 1 saturated heterocycles. The number of pyridine rings is 2. The Kier molecular flexibility index (Phi) is 5.44. The highest BCUT2D eigenvalue weighted by atomic mass is 32.2. The predicted octanol–water partition coefficient (Wildman–Crippen LogP) is 5.45. The van der Waals surface area contributed by atoms with Gasteiger partial charge >= 0.3 is 0 Å². The number of nitrogens with zero attached hydrogens (tertiary/aromatic N) is 7. The molecule has 1 fully saturated rings. The molecule has 7 nitrogen and oxygen atoms in total. The van der Waals surface area contributed by atoms with E-state index in [2.05, 4.69) is 46.2 Å². The van der Waals surface area contributed by atoms with Crippen LogP contribution in [0.4, 0.5) is 10.1 Å². The number of hydrogen-bond donors (Lipinski definition) is 0. The van der Waals surface area contributed by atoms with Crippen LogP contribution in [0.5, 0.6) is 0 Å². The van der Waals surface area contributed by atoms with Gasteiger partial charge in [-0.15, -0.1) is 10.2 Å². The van der Waals surface area contributed by atoms with E-state index in [0.29, 0.717) is 17.0 Å². The molecule has 9 heteroatoms. The van der Waals surface area contributed by atoms with Crippen LogP contribution in [0.25, 0.3) is 27.7 Å². The van der Waals surface area contributed by atoms with Gasteiger partial charge in [0.15, 0.2) is 11.5 Å². The standard InChI is InChI=1S/C26H26FN7S/c1-16-6-17(2)13-33(12-16)21-7-18-8-22(4-5-24(18)28-11-21)35-26-31-30-25-23(27)9-19(15-34(25)26)20-10-29-32(3)14-20/h4-5,7-11,14-17H,6,12-13H2,1-3H3/t16-,17+. The van der Waals surface area contributed by atoms with Gasteiger partial charge in [0, 0.05) is 53.9 Å². The number of rotatable bonds is 4. The van der Waals surface area contributed by atoms with E-state index in [9.17, 15) is 4.39 Å². The molecule has 5 aromatic rings. The highest BCUT2D eigenvalue weighted by Crippen LogP contribution is 2.33. The molecule has 6 rings (SSSR count). The first-order valence-electron chi connectivity index (χ1n) is 11.8. The summed E-state index contributed by atoms with van der Waals surface area (Å²) in [5, 5.41) is 14.2. The van der Waals surface area contributed by atoms with Crippen molar-refractivity contribution in [1.82, 2.24) is 29.4 Å². The lowest BCUT2D eigenvalue weighted by molar-refractivity contribution is 0.357. The number of hydrogen-bond acceptors (Lipinski definition) is 6. The van der Waals surface area contributed by atoms with E-state index in [-0.39, 0.29) is 5.65 Å². The molecule has 35 heavy (non-hydrogen) atoms. The second-order valence-corrected chi connectivity index (χ2v) is 10.7. The molecule has 0 N–H and O–H groups in total. The number of halogens is 1. The van der Waals surface area contributed by atoms with Crippen molar-refractivity contribution in [3.63, 3.8) is 0 Å².